The molecule has 0 bridgehead atoms. The van der Waals surface area contributed by atoms with Gasteiger partial charge < -0.3 is 10.1 Å². The summed E-state index contributed by atoms with van der Waals surface area (Å²) in [6.07, 6.45) is 4.33. The third kappa shape index (κ3) is 3.96. The minimum Gasteiger partial charge on any atom is -0.496 e. The number of ether oxygens (including phenoxy) is 1. The van der Waals surface area contributed by atoms with Crippen molar-refractivity contribution in [3.8, 4) is 5.75 Å². The van der Waals surface area contributed by atoms with Crippen LogP contribution < -0.4 is 10.1 Å². The first kappa shape index (κ1) is 14.9. The molecule has 1 aromatic carbocycles. The van der Waals surface area contributed by atoms with Crippen molar-refractivity contribution < 1.29 is 9.53 Å². The summed E-state index contributed by atoms with van der Waals surface area (Å²) >= 11 is 7.02. The molecule has 1 aliphatic rings. The molecular weight excluding hydrogens is 374 g/mol. The van der Waals surface area contributed by atoms with Crippen molar-refractivity contribution in [2.45, 2.75) is 36.6 Å². The molecule has 0 spiro atoms. The molecule has 0 radical (unpaired) electrons. The van der Waals surface area contributed by atoms with Crippen molar-refractivity contribution in [1.29, 1.82) is 0 Å². The first-order valence-electron chi connectivity index (χ1n) is 6.38. The standard InChI is InChI=1S/C14H17Br2NO2/c1-19-13-7-2-9(8-12(13)16)14(18)17-11-5-3-10(15)4-6-11/h2,7-8,10-11H,3-6H2,1H3,(H,17,18). The highest BCUT2D eigenvalue weighted by Gasteiger charge is 2.21. The minimum atomic E-state index is -0.0126. The monoisotopic (exact) mass is 389 g/mol. The van der Waals surface area contributed by atoms with Crippen molar-refractivity contribution in [3.05, 3.63) is 28.2 Å². The Morgan fingerprint density at radius 3 is 2.58 bits per heavy atom. The fraction of sp³-hybridized carbons (Fsp3) is 0.500. The Hall–Kier alpha value is -0.550. The van der Waals surface area contributed by atoms with Gasteiger partial charge in [0.15, 0.2) is 0 Å². The highest BCUT2D eigenvalue weighted by atomic mass is 79.9. The lowest BCUT2D eigenvalue weighted by Crippen LogP contribution is -2.37. The number of amides is 1. The van der Waals surface area contributed by atoms with Crippen molar-refractivity contribution in [3.63, 3.8) is 0 Å². The second kappa shape index (κ2) is 6.75. The molecule has 1 fully saturated rings. The largest absolute Gasteiger partial charge is 0.496 e. The van der Waals surface area contributed by atoms with Crippen LogP contribution in [0.2, 0.25) is 0 Å². The topological polar surface area (TPSA) is 38.3 Å². The zero-order valence-electron chi connectivity index (χ0n) is 10.8. The van der Waals surface area contributed by atoms with E-state index >= 15 is 0 Å². The molecule has 1 aromatic rings. The number of carbonyl (C=O) groups is 1. The SMILES string of the molecule is COc1ccc(C(=O)NC2CCC(Br)CC2)cc1Br. The van der Waals surface area contributed by atoms with Gasteiger partial charge in [-0.25, -0.2) is 0 Å². The minimum absolute atomic E-state index is 0.0126. The Morgan fingerprint density at radius 1 is 1.32 bits per heavy atom. The molecule has 5 heteroatoms. The second-order valence-corrected chi connectivity index (χ2v) is 6.92. The van der Waals surface area contributed by atoms with Gasteiger partial charge in [0.25, 0.3) is 5.91 Å². The molecule has 0 atom stereocenters. The van der Waals surface area contributed by atoms with E-state index in [4.69, 9.17) is 4.74 Å². The average Bonchev–Trinajstić information content (AvgIpc) is 2.41. The lowest BCUT2D eigenvalue weighted by atomic mass is 9.95. The van der Waals surface area contributed by atoms with Gasteiger partial charge in [-0.2, -0.15) is 0 Å². The summed E-state index contributed by atoms with van der Waals surface area (Å²) < 4.78 is 5.96. The van der Waals surface area contributed by atoms with Gasteiger partial charge >= 0.3 is 0 Å². The number of carbonyl (C=O) groups excluding carboxylic acids is 1. The van der Waals surface area contributed by atoms with Crippen LogP contribution in [0.25, 0.3) is 0 Å². The van der Waals surface area contributed by atoms with Crippen molar-refractivity contribution >= 4 is 37.8 Å². The van der Waals surface area contributed by atoms with E-state index in [-0.39, 0.29) is 5.91 Å². The fourth-order valence-electron chi connectivity index (χ4n) is 2.27. The molecule has 1 N–H and O–H groups in total. The van der Waals surface area contributed by atoms with E-state index in [9.17, 15) is 4.79 Å². The van der Waals surface area contributed by atoms with E-state index in [0.717, 1.165) is 35.9 Å². The second-order valence-electron chi connectivity index (χ2n) is 4.77. The Labute approximate surface area is 130 Å². The third-order valence-electron chi connectivity index (χ3n) is 3.41. The van der Waals surface area contributed by atoms with E-state index < -0.39 is 0 Å². The number of halogens is 2. The Bertz CT molecular complexity index is 457. The zero-order chi connectivity index (χ0) is 13.8. The molecule has 0 unspecified atom stereocenters. The van der Waals surface area contributed by atoms with Crippen LogP contribution >= 0.6 is 31.9 Å². The maximum absolute atomic E-state index is 12.2. The summed E-state index contributed by atoms with van der Waals surface area (Å²) in [5, 5.41) is 3.10. The van der Waals surface area contributed by atoms with Crippen LogP contribution in [0.15, 0.2) is 22.7 Å². The number of hydrogen-bond acceptors (Lipinski definition) is 2. The van der Waals surface area contributed by atoms with Crippen LogP contribution in [0.5, 0.6) is 5.75 Å². The van der Waals surface area contributed by atoms with Gasteiger partial charge in [-0.3, -0.25) is 4.79 Å². The van der Waals surface area contributed by atoms with E-state index in [1.165, 1.54) is 0 Å². The van der Waals surface area contributed by atoms with Crippen molar-refractivity contribution in [2.75, 3.05) is 7.11 Å². The van der Waals surface area contributed by atoms with E-state index in [2.05, 4.69) is 37.2 Å². The molecule has 2 rings (SSSR count). The number of methoxy groups -OCH3 is 1. The Morgan fingerprint density at radius 2 is 2.00 bits per heavy atom. The Balaban J connectivity index is 1.98. The summed E-state index contributed by atoms with van der Waals surface area (Å²) in [6.45, 7) is 0. The first-order chi connectivity index (χ1) is 9.10. The van der Waals surface area contributed by atoms with Gasteiger partial charge in [0.1, 0.15) is 5.75 Å². The molecule has 0 heterocycles. The van der Waals surface area contributed by atoms with Gasteiger partial charge in [-0.1, -0.05) is 15.9 Å². The molecule has 104 valence electrons. The smallest absolute Gasteiger partial charge is 0.251 e. The predicted molar refractivity (Wildman–Crippen MR) is 83.1 cm³/mol. The highest BCUT2D eigenvalue weighted by Crippen LogP contribution is 2.27. The first-order valence-corrected chi connectivity index (χ1v) is 8.09. The number of nitrogens with one attached hydrogen (secondary N) is 1. The lowest BCUT2D eigenvalue weighted by molar-refractivity contribution is 0.0928. The molecule has 1 saturated carbocycles. The maximum Gasteiger partial charge on any atom is 0.251 e. The summed E-state index contributed by atoms with van der Waals surface area (Å²) in [5.74, 6) is 0.720. The number of alkyl halides is 1. The van der Waals surface area contributed by atoms with E-state index in [1.54, 1.807) is 25.3 Å². The number of hydrogen-bond donors (Lipinski definition) is 1. The van der Waals surface area contributed by atoms with Crippen LogP contribution in [-0.4, -0.2) is 23.9 Å². The summed E-state index contributed by atoms with van der Waals surface area (Å²) in [7, 11) is 1.61. The molecule has 0 aliphatic heterocycles. The van der Waals surface area contributed by atoms with Crippen LogP contribution in [0.3, 0.4) is 0 Å². The normalized spacial score (nSPS) is 22.9. The van der Waals surface area contributed by atoms with Gasteiger partial charge in [-0.15, -0.1) is 0 Å². The van der Waals surface area contributed by atoms with Crippen molar-refractivity contribution in [2.24, 2.45) is 0 Å². The summed E-state index contributed by atoms with van der Waals surface area (Å²) in [6, 6.07) is 5.68. The van der Waals surface area contributed by atoms with E-state index in [1.807, 2.05) is 0 Å². The maximum atomic E-state index is 12.2. The number of rotatable bonds is 3. The Kier molecular flexibility index (Phi) is 5.28. The third-order valence-corrected chi connectivity index (χ3v) is 4.94. The zero-order valence-corrected chi connectivity index (χ0v) is 14.0. The van der Waals surface area contributed by atoms with Crippen LogP contribution in [0.1, 0.15) is 36.0 Å². The van der Waals surface area contributed by atoms with Crippen LogP contribution in [0.4, 0.5) is 0 Å². The predicted octanol–water partition coefficient (Wildman–Crippen LogP) is 3.89. The molecule has 1 amide bonds. The number of benzene rings is 1. The van der Waals surface area contributed by atoms with E-state index in [0.29, 0.717) is 16.4 Å². The molecular formula is C14H17Br2NO2. The molecule has 0 saturated heterocycles. The lowest BCUT2D eigenvalue weighted by Gasteiger charge is -2.26. The van der Waals surface area contributed by atoms with Gasteiger partial charge in [0.2, 0.25) is 0 Å². The van der Waals surface area contributed by atoms with Crippen LogP contribution in [-0.2, 0) is 0 Å². The van der Waals surface area contributed by atoms with Gasteiger partial charge in [-0.05, 0) is 59.8 Å². The van der Waals surface area contributed by atoms with Gasteiger partial charge in [0, 0.05) is 16.4 Å². The molecule has 3 nitrogen and oxygen atoms in total. The fourth-order valence-corrected chi connectivity index (χ4v) is 3.34. The average molecular weight is 391 g/mol. The molecule has 1 aliphatic carbocycles. The molecule has 19 heavy (non-hydrogen) atoms. The quantitative estimate of drug-likeness (QED) is 0.795. The summed E-state index contributed by atoms with van der Waals surface area (Å²) in [5.41, 5.74) is 0.661. The van der Waals surface area contributed by atoms with Crippen LogP contribution in [0, 0.1) is 0 Å². The highest BCUT2D eigenvalue weighted by molar-refractivity contribution is 9.10. The molecule has 0 aromatic heterocycles. The van der Waals surface area contributed by atoms with Crippen molar-refractivity contribution in [1.82, 2.24) is 5.32 Å². The van der Waals surface area contributed by atoms with Gasteiger partial charge in [0.05, 0.1) is 11.6 Å². The summed E-state index contributed by atoms with van der Waals surface area (Å²) in [4.78, 5) is 12.8.